The molecule has 0 aliphatic heterocycles. The van der Waals surface area contributed by atoms with Gasteiger partial charge in [0.05, 0.1) is 18.2 Å². The molecule has 3 atom stereocenters. The quantitative estimate of drug-likeness (QED) is 0.264. The van der Waals surface area contributed by atoms with Crippen LogP contribution in [0.25, 0.3) is 12.2 Å². The van der Waals surface area contributed by atoms with Crippen LogP contribution in [0.1, 0.15) is 24.0 Å². The number of aliphatic hydroxyl groups excluding tert-OH is 1. The molecule has 2 amide bonds. The normalized spacial score (nSPS) is 20.6. The molecule has 0 bridgehead atoms. The molecule has 0 radical (unpaired) electrons. The first-order valence-electron chi connectivity index (χ1n) is 9.92. The number of rotatable bonds is 6. The second kappa shape index (κ2) is 9.88. The smallest absolute Gasteiger partial charge is 0.244 e. The minimum Gasteiger partial charge on any atom is -0.504 e. The third kappa shape index (κ3) is 5.79. The van der Waals surface area contributed by atoms with E-state index >= 15 is 0 Å². The first kappa shape index (κ1) is 22.7. The zero-order chi connectivity index (χ0) is 23.3. The van der Waals surface area contributed by atoms with E-state index in [9.17, 15) is 35.1 Å². The van der Waals surface area contributed by atoms with Crippen molar-refractivity contribution in [3.05, 3.63) is 59.7 Å². The molecular weight excluding hydrogens is 416 g/mol. The summed E-state index contributed by atoms with van der Waals surface area (Å²) in [6.07, 6.45) is 5.44. The van der Waals surface area contributed by atoms with Gasteiger partial charge in [0.15, 0.2) is 23.0 Å². The van der Waals surface area contributed by atoms with E-state index in [1.165, 1.54) is 60.7 Å². The van der Waals surface area contributed by atoms with Crippen LogP contribution >= 0.6 is 0 Å². The molecule has 2 aromatic rings. The molecule has 1 fully saturated rings. The number of benzene rings is 2. The number of aromatic hydroxyl groups is 4. The predicted octanol–water partition coefficient (Wildman–Crippen LogP) is 1.36. The Bertz CT molecular complexity index is 1060. The van der Waals surface area contributed by atoms with Crippen molar-refractivity contribution in [2.24, 2.45) is 0 Å². The van der Waals surface area contributed by atoms with E-state index in [0.29, 0.717) is 24.0 Å². The summed E-state index contributed by atoms with van der Waals surface area (Å²) >= 11 is 0. The summed E-state index contributed by atoms with van der Waals surface area (Å²) in [4.78, 5) is 24.5. The monoisotopic (exact) mass is 440 g/mol. The van der Waals surface area contributed by atoms with Crippen LogP contribution in [-0.2, 0) is 9.59 Å². The summed E-state index contributed by atoms with van der Waals surface area (Å²) in [5.74, 6) is -2.07. The minimum atomic E-state index is -0.826. The van der Waals surface area contributed by atoms with Crippen molar-refractivity contribution >= 4 is 24.0 Å². The summed E-state index contributed by atoms with van der Waals surface area (Å²) in [6.45, 7) is 0. The van der Waals surface area contributed by atoms with Gasteiger partial charge in [-0.3, -0.25) is 9.59 Å². The summed E-state index contributed by atoms with van der Waals surface area (Å²) in [6, 6.07) is 7.09. The molecule has 168 valence electrons. The molecular formula is C23H24N2O7. The lowest BCUT2D eigenvalue weighted by Crippen LogP contribution is -2.52. The number of carbonyl (C=O) groups excluding carboxylic acids is 2. The highest BCUT2D eigenvalue weighted by Gasteiger charge is 2.36. The zero-order valence-electron chi connectivity index (χ0n) is 17.0. The Morgan fingerprint density at radius 3 is 1.75 bits per heavy atom. The van der Waals surface area contributed by atoms with E-state index in [0.717, 1.165) is 0 Å². The topological polar surface area (TPSA) is 159 Å². The molecule has 32 heavy (non-hydrogen) atoms. The lowest BCUT2D eigenvalue weighted by atomic mass is 10.1. The predicted molar refractivity (Wildman–Crippen MR) is 117 cm³/mol. The van der Waals surface area contributed by atoms with Crippen molar-refractivity contribution in [3.8, 4) is 23.0 Å². The summed E-state index contributed by atoms with van der Waals surface area (Å²) in [7, 11) is 0. The molecule has 9 nitrogen and oxygen atoms in total. The number of hydrogen-bond acceptors (Lipinski definition) is 7. The summed E-state index contributed by atoms with van der Waals surface area (Å²) in [5, 5.41) is 53.3. The van der Waals surface area contributed by atoms with Gasteiger partial charge < -0.3 is 36.2 Å². The van der Waals surface area contributed by atoms with Crippen molar-refractivity contribution in [2.45, 2.75) is 31.0 Å². The molecule has 7 N–H and O–H groups in total. The Morgan fingerprint density at radius 2 is 1.25 bits per heavy atom. The second-order valence-corrected chi connectivity index (χ2v) is 7.46. The molecule has 0 saturated heterocycles. The van der Waals surface area contributed by atoms with Crippen molar-refractivity contribution < 1.29 is 35.1 Å². The molecule has 9 heteroatoms. The van der Waals surface area contributed by atoms with Crippen LogP contribution in [-0.4, -0.2) is 55.5 Å². The van der Waals surface area contributed by atoms with Gasteiger partial charge in [0, 0.05) is 12.2 Å². The lowest BCUT2D eigenvalue weighted by Gasteiger charge is -2.23. The van der Waals surface area contributed by atoms with Crippen molar-refractivity contribution in [1.82, 2.24) is 10.6 Å². The Balaban J connectivity index is 1.58. The van der Waals surface area contributed by atoms with Crippen LogP contribution in [0, 0.1) is 0 Å². The van der Waals surface area contributed by atoms with E-state index in [1.807, 2.05) is 0 Å². The Hall–Kier alpha value is -3.98. The second-order valence-electron chi connectivity index (χ2n) is 7.46. The van der Waals surface area contributed by atoms with E-state index in [4.69, 9.17) is 0 Å². The fraction of sp³-hybridized carbons (Fsp3) is 0.217. The van der Waals surface area contributed by atoms with Crippen LogP contribution in [0.5, 0.6) is 23.0 Å². The molecule has 0 heterocycles. The molecule has 1 saturated carbocycles. The highest BCUT2D eigenvalue weighted by Crippen LogP contribution is 2.26. The Morgan fingerprint density at radius 1 is 0.750 bits per heavy atom. The van der Waals surface area contributed by atoms with Gasteiger partial charge in [0.25, 0.3) is 0 Å². The van der Waals surface area contributed by atoms with Crippen LogP contribution in [0.2, 0.25) is 0 Å². The van der Waals surface area contributed by atoms with E-state index in [2.05, 4.69) is 10.6 Å². The molecule has 3 rings (SSSR count). The molecule has 0 aromatic heterocycles. The SMILES string of the molecule is O=C(C=Cc1ccc(O)c(O)c1)N[C@@H]1[C@@H](O)CC[C@H]1NC(=O)C=Cc1ccc(O)c(O)c1. The fourth-order valence-corrected chi connectivity index (χ4v) is 3.41. The first-order chi connectivity index (χ1) is 15.2. The Kier molecular flexibility index (Phi) is 7.01. The van der Waals surface area contributed by atoms with Gasteiger partial charge in [0.2, 0.25) is 11.8 Å². The van der Waals surface area contributed by atoms with Gasteiger partial charge >= 0.3 is 0 Å². The minimum absolute atomic E-state index is 0.263. The highest BCUT2D eigenvalue weighted by atomic mass is 16.3. The maximum atomic E-state index is 12.3. The summed E-state index contributed by atoms with van der Waals surface area (Å²) in [5.41, 5.74) is 1.01. The zero-order valence-corrected chi connectivity index (χ0v) is 17.0. The lowest BCUT2D eigenvalue weighted by molar-refractivity contribution is -0.120. The van der Waals surface area contributed by atoms with Gasteiger partial charge in [-0.1, -0.05) is 12.1 Å². The first-order valence-corrected chi connectivity index (χ1v) is 9.92. The average Bonchev–Trinajstić information content (AvgIpc) is 3.09. The van der Waals surface area contributed by atoms with Gasteiger partial charge in [-0.2, -0.15) is 0 Å². The van der Waals surface area contributed by atoms with Crippen molar-refractivity contribution in [2.75, 3.05) is 0 Å². The van der Waals surface area contributed by atoms with Crippen LogP contribution in [0.4, 0.5) is 0 Å². The molecule has 1 aliphatic rings. The Labute approximate surface area is 184 Å². The number of hydrogen-bond donors (Lipinski definition) is 7. The maximum absolute atomic E-state index is 12.3. The largest absolute Gasteiger partial charge is 0.504 e. The van der Waals surface area contributed by atoms with Crippen molar-refractivity contribution in [3.63, 3.8) is 0 Å². The number of nitrogens with one attached hydrogen (secondary N) is 2. The maximum Gasteiger partial charge on any atom is 0.244 e. The van der Waals surface area contributed by atoms with Crippen LogP contribution in [0.15, 0.2) is 48.6 Å². The third-order valence-corrected chi connectivity index (χ3v) is 5.11. The number of aliphatic hydroxyl groups is 1. The van der Waals surface area contributed by atoms with Gasteiger partial charge in [-0.25, -0.2) is 0 Å². The van der Waals surface area contributed by atoms with Gasteiger partial charge in [-0.05, 0) is 60.4 Å². The van der Waals surface area contributed by atoms with E-state index < -0.39 is 30.0 Å². The van der Waals surface area contributed by atoms with E-state index in [-0.39, 0.29) is 23.0 Å². The summed E-state index contributed by atoms with van der Waals surface area (Å²) < 4.78 is 0. The standard InChI is InChI=1S/C23H24N2O7/c26-16-6-1-13(11-19(16)29)3-9-21(31)24-15-5-8-18(28)23(15)25-22(32)10-4-14-2-7-17(27)20(30)12-14/h1-4,6-7,9-12,15,18,23,26-30H,5,8H2,(H,24,31)(H,25,32)/t15-,18+,23+/m1/s1. The van der Waals surface area contributed by atoms with Crippen LogP contribution in [0.3, 0.4) is 0 Å². The molecule has 0 spiro atoms. The van der Waals surface area contributed by atoms with Crippen molar-refractivity contribution in [1.29, 1.82) is 0 Å². The fourth-order valence-electron chi connectivity index (χ4n) is 3.41. The molecule has 0 unspecified atom stereocenters. The molecule has 2 aromatic carbocycles. The number of carbonyl (C=O) groups is 2. The number of phenolic OH excluding ortho intramolecular Hbond substituents is 4. The van der Waals surface area contributed by atoms with Crippen LogP contribution < -0.4 is 10.6 Å². The molecule has 1 aliphatic carbocycles. The van der Waals surface area contributed by atoms with Gasteiger partial charge in [-0.15, -0.1) is 0 Å². The average molecular weight is 440 g/mol. The highest BCUT2D eigenvalue weighted by molar-refractivity contribution is 5.93. The van der Waals surface area contributed by atoms with Gasteiger partial charge in [0.1, 0.15) is 0 Å². The third-order valence-electron chi connectivity index (χ3n) is 5.11. The number of amides is 2. The number of phenols is 4. The van der Waals surface area contributed by atoms with E-state index in [1.54, 1.807) is 0 Å².